The molecule has 5 heteroatoms. The van der Waals surface area contributed by atoms with Gasteiger partial charge in [0.05, 0.1) is 11.5 Å². The molecule has 3 nitrogen and oxygen atoms in total. The molecule has 8 atom stereocenters. The molecule has 0 N–H and O–H groups in total. The van der Waals surface area contributed by atoms with E-state index in [1.165, 1.54) is 6.08 Å². The molecule has 148 valence electrons. The van der Waals surface area contributed by atoms with E-state index in [2.05, 4.69) is 13.8 Å². The van der Waals surface area contributed by atoms with Gasteiger partial charge >= 0.3 is 5.97 Å². The van der Waals surface area contributed by atoms with E-state index in [4.69, 9.17) is 9.47 Å². The quantitative estimate of drug-likeness (QED) is 0.588. The number of esters is 1. The second-order valence-corrected chi connectivity index (χ2v) is 10.5. The van der Waals surface area contributed by atoms with E-state index in [0.717, 1.165) is 45.1 Å². The van der Waals surface area contributed by atoms with Crippen LogP contribution in [0.25, 0.3) is 0 Å². The third kappa shape index (κ3) is 1.75. The van der Waals surface area contributed by atoms with Crippen molar-refractivity contribution >= 4 is 5.97 Å². The van der Waals surface area contributed by atoms with Crippen molar-refractivity contribution in [1.29, 1.82) is 0 Å². The third-order valence-corrected chi connectivity index (χ3v) is 9.85. The first kappa shape index (κ1) is 16.9. The summed E-state index contributed by atoms with van der Waals surface area (Å²) in [6.07, 6.45) is 7.59. The lowest BCUT2D eigenvalue weighted by Gasteiger charge is -2.58. The Labute approximate surface area is 158 Å². The lowest BCUT2D eigenvalue weighted by molar-refractivity contribution is -0.157. The molecule has 2 aliphatic heterocycles. The highest BCUT2D eigenvalue weighted by atomic mass is 19.3. The van der Waals surface area contributed by atoms with Crippen LogP contribution < -0.4 is 0 Å². The fraction of sp³-hybridized carbons (Fsp3) is 0.864. The van der Waals surface area contributed by atoms with Gasteiger partial charge in [-0.1, -0.05) is 13.8 Å². The first-order chi connectivity index (χ1) is 12.7. The molecule has 27 heavy (non-hydrogen) atoms. The summed E-state index contributed by atoms with van der Waals surface area (Å²) in [7, 11) is 0. The molecule has 2 heterocycles. The van der Waals surface area contributed by atoms with Gasteiger partial charge in [-0.2, -0.15) is 0 Å². The van der Waals surface area contributed by atoms with Crippen molar-refractivity contribution in [3.63, 3.8) is 0 Å². The summed E-state index contributed by atoms with van der Waals surface area (Å²) in [4.78, 5) is 11.8. The van der Waals surface area contributed by atoms with Gasteiger partial charge in [0.2, 0.25) is 0 Å². The van der Waals surface area contributed by atoms with Gasteiger partial charge in [-0.3, -0.25) is 0 Å². The molecule has 1 spiro atoms. The van der Waals surface area contributed by atoms with Crippen molar-refractivity contribution in [2.75, 3.05) is 13.2 Å². The minimum atomic E-state index is -2.67. The molecule has 5 fully saturated rings. The molecular weight excluding hydrogens is 350 g/mol. The zero-order valence-corrected chi connectivity index (χ0v) is 16.1. The van der Waals surface area contributed by atoms with Crippen LogP contribution in [0.1, 0.15) is 52.4 Å². The van der Waals surface area contributed by atoms with Gasteiger partial charge in [0.25, 0.3) is 5.92 Å². The van der Waals surface area contributed by atoms with E-state index in [9.17, 15) is 4.79 Å². The van der Waals surface area contributed by atoms with Crippen molar-refractivity contribution in [3.8, 4) is 0 Å². The number of hydrogen-bond acceptors (Lipinski definition) is 3. The topological polar surface area (TPSA) is 35.5 Å². The van der Waals surface area contributed by atoms with Gasteiger partial charge in [-0.15, -0.1) is 0 Å². The second-order valence-electron chi connectivity index (χ2n) is 10.5. The molecule has 6 aliphatic rings. The van der Waals surface area contributed by atoms with Gasteiger partial charge in [0.15, 0.2) is 0 Å². The van der Waals surface area contributed by atoms with Crippen LogP contribution in [0.2, 0.25) is 0 Å². The maximum Gasteiger partial charge on any atom is 0.330 e. The van der Waals surface area contributed by atoms with Gasteiger partial charge in [0.1, 0.15) is 6.61 Å². The number of rotatable bonds is 0. The van der Waals surface area contributed by atoms with Crippen LogP contribution in [0.15, 0.2) is 11.6 Å². The maximum atomic E-state index is 15.1. The fourth-order valence-electron chi connectivity index (χ4n) is 8.51. The summed E-state index contributed by atoms with van der Waals surface area (Å²) in [6, 6.07) is 0. The lowest BCUT2D eigenvalue weighted by Crippen LogP contribution is -2.56. The van der Waals surface area contributed by atoms with E-state index >= 15 is 8.78 Å². The molecule has 0 radical (unpaired) electrons. The monoisotopic (exact) mass is 378 g/mol. The maximum absolute atomic E-state index is 15.1. The summed E-state index contributed by atoms with van der Waals surface area (Å²) in [5, 5.41) is 0. The van der Waals surface area contributed by atoms with Gasteiger partial charge < -0.3 is 9.47 Å². The Bertz CT molecular complexity index is 755. The molecule has 0 bridgehead atoms. The molecule has 1 saturated heterocycles. The predicted octanol–water partition coefficient (Wildman–Crippen LogP) is 4.36. The second kappa shape index (κ2) is 4.77. The van der Waals surface area contributed by atoms with Crippen LogP contribution in [0.5, 0.6) is 0 Å². The summed E-state index contributed by atoms with van der Waals surface area (Å²) < 4.78 is 41.8. The number of fused-ring (bicyclic) bond motifs is 9. The Morgan fingerprint density at radius 1 is 1.11 bits per heavy atom. The standard InChI is InChI=1S/C22H28F2O3/c1-19-11-26-15(25)10-14(19)17-18(22(17,23)24)16-12(19)4-7-20(2)13(16)5-8-21(20)6-3-9-27-21/h10,12-13,16-18H,3-9,11H2,1-2H3/t12-,13-,16+,17+,18-,19+,20-,21-/m0/s1. The van der Waals surface area contributed by atoms with Crippen molar-refractivity contribution in [2.24, 2.45) is 40.4 Å². The van der Waals surface area contributed by atoms with Crippen LogP contribution >= 0.6 is 0 Å². The molecule has 0 unspecified atom stereocenters. The summed E-state index contributed by atoms with van der Waals surface area (Å²) in [5.41, 5.74) is 0.186. The number of carbonyl (C=O) groups is 1. The van der Waals surface area contributed by atoms with Gasteiger partial charge in [0, 0.05) is 24.0 Å². The van der Waals surface area contributed by atoms with E-state index in [-0.39, 0.29) is 29.5 Å². The van der Waals surface area contributed by atoms with Crippen molar-refractivity contribution < 1.29 is 23.0 Å². The SMILES string of the molecule is C[C@]12COC(=O)C=C1[C@@H]1[C@H]([C@@H]3[C@@H]2CC[C@@]2(C)[C@H]3CC[C@@]23CCCO3)C1(F)F. The van der Waals surface area contributed by atoms with Crippen LogP contribution in [-0.4, -0.2) is 30.7 Å². The van der Waals surface area contributed by atoms with E-state index in [1.54, 1.807) is 0 Å². The summed E-state index contributed by atoms with van der Waals surface area (Å²) in [6.45, 7) is 5.49. The van der Waals surface area contributed by atoms with Crippen LogP contribution in [0, 0.1) is 40.4 Å². The molecule has 4 saturated carbocycles. The Balaban J connectivity index is 1.46. The number of cyclic esters (lactones) is 1. The van der Waals surface area contributed by atoms with E-state index in [1.807, 2.05) is 0 Å². The number of ether oxygens (including phenoxy) is 2. The molecule has 0 aromatic carbocycles. The zero-order chi connectivity index (χ0) is 18.8. The van der Waals surface area contributed by atoms with Crippen LogP contribution in [-0.2, 0) is 14.3 Å². The Kier molecular flexibility index (Phi) is 2.99. The first-order valence-electron chi connectivity index (χ1n) is 10.7. The number of halogens is 2. The van der Waals surface area contributed by atoms with Crippen molar-refractivity contribution in [1.82, 2.24) is 0 Å². The molecule has 4 aliphatic carbocycles. The highest BCUT2D eigenvalue weighted by Gasteiger charge is 2.81. The zero-order valence-electron chi connectivity index (χ0n) is 16.1. The molecular formula is C22H28F2O3. The highest BCUT2D eigenvalue weighted by Crippen LogP contribution is 2.79. The average molecular weight is 378 g/mol. The third-order valence-electron chi connectivity index (χ3n) is 9.85. The number of hydrogen-bond donors (Lipinski definition) is 0. The van der Waals surface area contributed by atoms with Crippen molar-refractivity contribution in [2.45, 2.75) is 63.9 Å². The van der Waals surface area contributed by atoms with E-state index < -0.39 is 29.1 Å². The Morgan fingerprint density at radius 3 is 2.63 bits per heavy atom. The Hall–Kier alpha value is -0.970. The normalized spacial score (nSPS) is 57.3. The molecule has 6 rings (SSSR count). The minimum Gasteiger partial charge on any atom is -0.462 e. The molecule has 0 amide bonds. The van der Waals surface area contributed by atoms with Gasteiger partial charge in [-0.25, -0.2) is 13.6 Å². The number of alkyl halides is 2. The van der Waals surface area contributed by atoms with Crippen LogP contribution in [0.4, 0.5) is 8.78 Å². The van der Waals surface area contributed by atoms with Crippen LogP contribution in [0.3, 0.4) is 0 Å². The first-order valence-corrected chi connectivity index (χ1v) is 10.7. The fourth-order valence-corrected chi connectivity index (χ4v) is 8.51. The molecule has 0 aromatic heterocycles. The lowest BCUT2D eigenvalue weighted by atomic mass is 9.47. The average Bonchev–Trinajstić information content (AvgIpc) is 2.96. The van der Waals surface area contributed by atoms with Gasteiger partial charge in [-0.05, 0) is 67.3 Å². The summed E-state index contributed by atoms with van der Waals surface area (Å²) >= 11 is 0. The molecule has 0 aromatic rings. The van der Waals surface area contributed by atoms with Crippen molar-refractivity contribution in [3.05, 3.63) is 11.6 Å². The Morgan fingerprint density at radius 2 is 1.89 bits per heavy atom. The highest BCUT2D eigenvalue weighted by molar-refractivity contribution is 5.84. The largest absolute Gasteiger partial charge is 0.462 e. The smallest absolute Gasteiger partial charge is 0.330 e. The summed E-state index contributed by atoms with van der Waals surface area (Å²) in [5.74, 6) is -3.95. The predicted molar refractivity (Wildman–Crippen MR) is 94.0 cm³/mol. The number of carbonyl (C=O) groups excluding carboxylic acids is 1. The van der Waals surface area contributed by atoms with E-state index in [0.29, 0.717) is 11.5 Å². The minimum absolute atomic E-state index is 0.0107.